The number of anilines is 3. The van der Waals surface area contributed by atoms with Crippen LogP contribution >= 0.6 is 0 Å². The van der Waals surface area contributed by atoms with Gasteiger partial charge in [-0.2, -0.15) is 5.26 Å². The maximum atomic E-state index is 11.6. The molecule has 2 aromatic rings. The van der Waals surface area contributed by atoms with Crippen molar-refractivity contribution in [2.24, 2.45) is 0 Å². The normalized spacial score (nSPS) is 12.5. The maximum absolute atomic E-state index is 11.6. The van der Waals surface area contributed by atoms with Crippen LogP contribution < -0.4 is 16.4 Å². The lowest BCUT2D eigenvalue weighted by Crippen LogP contribution is -2.19. The lowest BCUT2D eigenvalue weighted by Gasteiger charge is -2.10. The number of carbonyl (C=O) groups excluding carboxylic acids is 2. The lowest BCUT2D eigenvalue weighted by atomic mass is 10.1. The van der Waals surface area contributed by atoms with Crippen molar-refractivity contribution in [2.45, 2.75) is 0 Å². The Labute approximate surface area is 120 Å². The first kappa shape index (κ1) is 12.7. The minimum atomic E-state index is -0.411. The van der Waals surface area contributed by atoms with Gasteiger partial charge in [-0.1, -0.05) is 0 Å². The minimum Gasteiger partial charge on any atom is -0.397 e. The van der Waals surface area contributed by atoms with Gasteiger partial charge in [-0.05, 0) is 36.4 Å². The number of hydrogen-bond acceptors (Lipinski definition) is 5. The number of nitrogens with zero attached hydrogens (tertiary/aromatic N) is 1. The van der Waals surface area contributed by atoms with Crippen molar-refractivity contribution in [3.63, 3.8) is 0 Å². The molecular weight excluding hydrogens is 268 g/mol. The van der Waals surface area contributed by atoms with Gasteiger partial charge in [-0.15, -0.1) is 0 Å². The largest absolute Gasteiger partial charge is 0.397 e. The summed E-state index contributed by atoms with van der Waals surface area (Å²) in [6.45, 7) is 0. The molecule has 0 spiro atoms. The number of benzene rings is 2. The first-order valence-electron chi connectivity index (χ1n) is 6.15. The van der Waals surface area contributed by atoms with E-state index in [4.69, 9.17) is 11.0 Å². The average molecular weight is 278 g/mol. The highest BCUT2D eigenvalue weighted by atomic mass is 16.2. The molecule has 1 heterocycles. The number of fused-ring (bicyclic) bond motifs is 1. The molecule has 6 heteroatoms. The lowest BCUT2D eigenvalue weighted by molar-refractivity contribution is 0.0879. The predicted octanol–water partition coefficient (Wildman–Crippen LogP) is 1.77. The minimum absolute atomic E-state index is 0.331. The second kappa shape index (κ2) is 4.65. The Morgan fingerprint density at radius 3 is 2.52 bits per heavy atom. The molecule has 0 bridgehead atoms. The third-order valence-corrected chi connectivity index (χ3v) is 3.20. The van der Waals surface area contributed by atoms with Crippen LogP contribution in [0.25, 0.3) is 0 Å². The standard InChI is InChI=1S/C15H10N4O2/c16-7-8-1-4-13(12(17)5-8)18-9-2-3-10-11(6-9)15(21)19-14(10)20/h1-6,18H,17H2,(H,19,20,21). The zero-order valence-corrected chi connectivity index (χ0v) is 10.8. The number of hydrogen-bond donors (Lipinski definition) is 3. The molecule has 0 radical (unpaired) electrons. The molecule has 0 saturated heterocycles. The van der Waals surface area contributed by atoms with Crippen molar-refractivity contribution >= 4 is 28.9 Å². The highest BCUT2D eigenvalue weighted by Crippen LogP contribution is 2.26. The highest BCUT2D eigenvalue weighted by molar-refractivity contribution is 6.21. The summed E-state index contributed by atoms with van der Waals surface area (Å²) in [6, 6.07) is 11.8. The van der Waals surface area contributed by atoms with Gasteiger partial charge in [0, 0.05) is 5.69 Å². The summed E-state index contributed by atoms with van der Waals surface area (Å²) in [5, 5.41) is 14.1. The van der Waals surface area contributed by atoms with Crippen LogP contribution in [0.3, 0.4) is 0 Å². The van der Waals surface area contributed by atoms with Gasteiger partial charge in [0.2, 0.25) is 0 Å². The third-order valence-electron chi connectivity index (χ3n) is 3.20. The van der Waals surface area contributed by atoms with E-state index in [1.807, 2.05) is 6.07 Å². The third kappa shape index (κ3) is 2.17. The second-order valence-corrected chi connectivity index (χ2v) is 4.58. The fourth-order valence-corrected chi connectivity index (χ4v) is 2.15. The fourth-order valence-electron chi connectivity index (χ4n) is 2.15. The molecule has 1 aliphatic heterocycles. The van der Waals surface area contributed by atoms with Gasteiger partial charge < -0.3 is 11.1 Å². The number of carbonyl (C=O) groups is 2. The Bertz CT molecular complexity index is 821. The van der Waals surface area contributed by atoms with Crippen molar-refractivity contribution < 1.29 is 9.59 Å². The van der Waals surface area contributed by atoms with E-state index >= 15 is 0 Å². The van der Waals surface area contributed by atoms with E-state index in [1.165, 1.54) is 0 Å². The quantitative estimate of drug-likeness (QED) is 0.573. The summed E-state index contributed by atoms with van der Waals surface area (Å²) in [5.74, 6) is -0.800. The van der Waals surface area contributed by atoms with Gasteiger partial charge in [0.25, 0.3) is 11.8 Å². The predicted molar refractivity (Wildman–Crippen MR) is 77.1 cm³/mol. The number of nitrogens with two attached hydrogens (primary N) is 1. The van der Waals surface area contributed by atoms with E-state index in [0.717, 1.165) is 0 Å². The summed E-state index contributed by atoms with van der Waals surface area (Å²) in [6.07, 6.45) is 0. The molecule has 2 aromatic carbocycles. The van der Waals surface area contributed by atoms with Gasteiger partial charge in [0.05, 0.1) is 34.1 Å². The number of nitriles is 1. The van der Waals surface area contributed by atoms with Crippen LogP contribution in [0.4, 0.5) is 17.1 Å². The molecule has 0 aliphatic carbocycles. The summed E-state index contributed by atoms with van der Waals surface area (Å²) >= 11 is 0. The van der Waals surface area contributed by atoms with Gasteiger partial charge in [-0.25, -0.2) is 0 Å². The zero-order chi connectivity index (χ0) is 15.0. The van der Waals surface area contributed by atoms with Crippen LogP contribution in [0.1, 0.15) is 26.3 Å². The van der Waals surface area contributed by atoms with E-state index in [-0.39, 0.29) is 5.91 Å². The van der Waals surface area contributed by atoms with Gasteiger partial charge in [0.15, 0.2) is 0 Å². The Morgan fingerprint density at radius 1 is 1.05 bits per heavy atom. The maximum Gasteiger partial charge on any atom is 0.259 e. The van der Waals surface area contributed by atoms with Gasteiger partial charge >= 0.3 is 0 Å². The van der Waals surface area contributed by atoms with Crippen LogP contribution in [0, 0.1) is 11.3 Å². The van der Waals surface area contributed by atoms with Crippen molar-refractivity contribution in [1.82, 2.24) is 5.32 Å². The Kier molecular flexibility index (Phi) is 2.81. The average Bonchev–Trinajstić information content (AvgIpc) is 2.76. The molecule has 2 amide bonds. The highest BCUT2D eigenvalue weighted by Gasteiger charge is 2.26. The van der Waals surface area contributed by atoms with E-state index in [1.54, 1.807) is 36.4 Å². The molecule has 6 nitrogen and oxygen atoms in total. The molecule has 0 atom stereocenters. The van der Waals surface area contributed by atoms with E-state index < -0.39 is 5.91 Å². The number of imide groups is 1. The van der Waals surface area contributed by atoms with E-state index in [0.29, 0.717) is 33.8 Å². The molecule has 0 unspecified atom stereocenters. The number of rotatable bonds is 2. The summed E-state index contributed by atoms with van der Waals surface area (Å²) in [7, 11) is 0. The van der Waals surface area contributed by atoms with Gasteiger partial charge in [-0.3, -0.25) is 14.9 Å². The van der Waals surface area contributed by atoms with Crippen LogP contribution in [0.15, 0.2) is 36.4 Å². The zero-order valence-electron chi connectivity index (χ0n) is 10.8. The topological polar surface area (TPSA) is 108 Å². The summed E-state index contributed by atoms with van der Waals surface area (Å²) < 4.78 is 0. The smallest absolute Gasteiger partial charge is 0.259 e. The summed E-state index contributed by atoms with van der Waals surface area (Å²) in [4.78, 5) is 23.1. The number of nitrogens with one attached hydrogen (secondary N) is 2. The van der Waals surface area contributed by atoms with Crippen molar-refractivity contribution in [1.29, 1.82) is 5.26 Å². The molecule has 102 valence electrons. The Hall–Kier alpha value is -3.33. The van der Waals surface area contributed by atoms with E-state index in [9.17, 15) is 9.59 Å². The van der Waals surface area contributed by atoms with Crippen molar-refractivity contribution in [3.8, 4) is 6.07 Å². The molecule has 4 N–H and O–H groups in total. The fraction of sp³-hybridized carbons (Fsp3) is 0. The molecule has 0 saturated carbocycles. The number of amides is 2. The van der Waals surface area contributed by atoms with Crippen LogP contribution in [-0.2, 0) is 0 Å². The second-order valence-electron chi connectivity index (χ2n) is 4.58. The van der Waals surface area contributed by atoms with Crippen LogP contribution in [0.2, 0.25) is 0 Å². The molecule has 3 rings (SSSR count). The first-order chi connectivity index (χ1) is 10.1. The van der Waals surface area contributed by atoms with Crippen molar-refractivity contribution in [3.05, 3.63) is 53.1 Å². The Balaban J connectivity index is 1.93. The SMILES string of the molecule is N#Cc1ccc(Nc2ccc3c(c2)C(=O)NC3=O)c(N)c1. The molecule has 0 aromatic heterocycles. The van der Waals surface area contributed by atoms with Crippen molar-refractivity contribution in [2.75, 3.05) is 11.1 Å². The monoisotopic (exact) mass is 278 g/mol. The Morgan fingerprint density at radius 2 is 1.81 bits per heavy atom. The van der Waals surface area contributed by atoms with E-state index in [2.05, 4.69) is 10.6 Å². The van der Waals surface area contributed by atoms with Crippen LogP contribution in [0.5, 0.6) is 0 Å². The number of nitrogen functional groups attached to an aromatic ring is 1. The molecular formula is C15H10N4O2. The van der Waals surface area contributed by atoms with Gasteiger partial charge in [0.1, 0.15) is 0 Å². The first-order valence-corrected chi connectivity index (χ1v) is 6.15. The molecule has 1 aliphatic rings. The molecule has 0 fully saturated rings. The summed E-state index contributed by atoms with van der Waals surface area (Å²) in [5.41, 5.74) is 8.70. The van der Waals surface area contributed by atoms with Crippen LogP contribution in [-0.4, -0.2) is 11.8 Å². The molecule has 21 heavy (non-hydrogen) atoms.